The first kappa shape index (κ1) is 17.2. The van der Waals surface area contributed by atoms with Crippen LogP contribution >= 0.6 is 15.9 Å². The average Bonchev–Trinajstić information content (AvgIpc) is 2.40. The summed E-state index contributed by atoms with van der Waals surface area (Å²) in [6, 6.07) is -0.542. The molecule has 4 saturated carbocycles. The summed E-state index contributed by atoms with van der Waals surface area (Å²) in [7, 11) is 0. The molecule has 0 saturated heterocycles. The van der Waals surface area contributed by atoms with Gasteiger partial charge in [-0.1, -0.05) is 36.2 Å². The molecule has 3 N–H and O–H groups in total. The second kappa shape index (κ2) is 6.05. The van der Waals surface area contributed by atoms with Crippen molar-refractivity contribution in [1.82, 2.24) is 5.32 Å². The van der Waals surface area contributed by atoms with Gasteiger partial charge >= 0.3 is 0 Å². The van der Waals surface area contributed by atoms with Crippen molar-refractivity contribution < 1.29 is 9.59 Å². The molecule has 4 bridgehead atoms. The Balaban J connectivity index is 1.67. The molecule has 0 heterocycles. The summed E-state index contributed by atoms with van der Waals surface area (Å²) in [6.07, 6.45) is 8.71. The van der Waals surface area contributed by atoms with Crippen molar-refractivity contribution in [2.45, 2.75) is 75.6 Å². The number of halogens is 1. The number of hydrogen-bond acceptors (Lipinski definition) is 2. The highest BCUT2D eigenvalue weighted by Crippen LogP contribution is 2.65. The predicted octanol–water partition coefficient (Wildman–Crippen LogP) is 3.13. The zero-order valence-corrected chi connectivity index (χ0v) is 15.8. The number of amides is 2. The Morgan fingerprint density at radius 2 is 1.87 bits per heavy atom. The normalized spacial score (nSPS) is 40.7. The molecule has 5 heteroatoms. The van der Waals surface area contributed by atoms with E-state index in [0.717, 1.165) is 24.7 Å². The number of alkyl halides is 1. The second-order valence-electron chi connectivity index (χ2n) is 8.62. The molecule has 0 aromatic carbocycles. The number of nitrogens with two attached hydrogens (primary N) is 1. The van der Waals surface area contributed by atoms with E-state index in [0.29, 0.717) is 6.42 Å². The van der Waals surface area contributed by atoms with Gasteiger partial charge in [-0.05, 0) is 61.7 Å². The lowest BCUT2D eigenvalue weighted by Crippen LogP contribution is -2.55. The fourth-order valence-corrected chi connectivity index (χ4v) is 7.35. The van der Waals surface area contributed by atoms with Crippen LogP contribution in [0.3, 0.4) is 0 Å². The molecule has 4 rings (SSSR count). The molecule has 4 aliphatic rings. The third-order valence-corrected chi connectivity index (χ3v) is 7.41. The fourth-order valence-electron chi connectivity index (χ4n) is 5.84. The summed E-state index contributed by atoms with van der Waals surface area (Å²) in [5, 5.41) is 2.93. The molecule has 0 aromatic heterocycles. The minimum atomic E-state index is -0.542. The largest absolute Gasteiger partial charge is 0.368 e. The van der Waals surface area contributed by atoms with Gasteiger partial charge in [0.1, 0.15) is 6.04 Å². The van der Waals surface area contributed by atoms with Crippen molar-refractivity contribution in [2.24, 2.45) is 28.9 Å². The van der Waals surface area contributed by atoms with Gasteiger partial charge < -0.3 is 11.1 Å². The van der Waals surface area contributed by atoms with Crippen LogP contribution in [0, 0.1) is 23.2 Å². The number of nitrogens with one attached hydrogen (secondary N) is 1. The van der Waals surface area contributed by atoms with E-state index in [1.54, 1.807) is 0 Å². The maximum Gasteiger partial charge on any atom is 0.240 e. The van der Waals surface area contributed by atoms with E-state index in [1.807, 2.05) is 13.8 Å². The summed E-state index contributed by atoms with van der Waals surface area (Å²) in [5.74, 6) is 1.20. The molecule has 0 aliphatic heterocycles. The zero-order chi connectivity index (χ0) is 16.8. The Bertz CT molecular complexity index is 493. The molecular weight excluding hydrogens is 356 g/mol. The van der Waals surface area contributed by atoms with Gasteiger partial charge in [-0.15, -0.1) is 0 Å². The topological polar surface area (TPSA) is 72.2 Å². The van der Waals surface area contributed by atoms with Crippen molar-refractivity contribution >= 4 is 27.7 Å². The highest BCUT2D eigenvalue weighted by Gasteiger charge is 2.57. The lowest BCUT2D eigenvalue weighted by Gasteiger charge is -2.60. The molecule has 0 spiro atoms. The highest BCUT2D eigenvalue weighted by molar-refractivity contribution is 9.10. The van der Waals surface area contributed by atoms with Crippen LogP contribution in [0.25, 0.3) is 0 Å². The van der Waals surface area contributed by atoms with Gasteiger partial charge in [0.15, 0.2) is 0 Å². The minimum absolute atomic E-state index is 0.00662. The fraction of sp³-hybridized carbons (Fsp3) is 0.889. The second-order valence-corrected chi connectivity index (χ2v) is 10.3. The van der Waals surface area contributed by atoms with Crippen LogP contribution < -0.4 is 11.1 Å². The van der Waals surface area contributed by atoms with Crippen molar-refractivity contribution in [3.8, 4) is 0 Å². The molecule has 4 nitrogen and oxygen atoms in total. The lowest BCUT2D eigenvalue weighted by atomic mass is 9.48. The quantitative estimate of drug-likeness (QED) is 0.690. The standard InChI is InChI=1S/C18H29BrN2O2/c1-3-11(2)15(16(20)23)21-14(22)9-17-5-12-4-13(6-17)8-18(19,7-12)10-17/h11-13,15H,3-10H2,1-2H3,(H2,20,23)(H,21,22). The van der Waals surface area contributed by atoms with Crippen molar-refractivity contribution in [2.75, 3.05) is 0 Å². The third kappa shape index (κ3) is 3.45. The Morgan fingerprint density at radius 1 is 1.26 bits per heavy atom. The smallest absolute Gasteiger partial charge is 0.240 e. The first-order valence-electron chi connectivity index (χ1n) is 9.02. The van der Waals surface area contributed by atoms with Crippen LogP contribution in [0.4, 0.5) is 0 Å². The number of rotatable bonds is 6. The van der Waals surface area contributed by atoms with Crippen LogP contribution in [0.2, 0.25) is 0 Å². The van der Waals surface area contributed by atoms with Gasteiger partial charge in [-0.2, -0.15) is 0 Å². The molecule has 130 valence electrons. The van der Waals surface area contributed by atoms with Crippen LogP contribution in [0.5, 0.6) is 0 Å². The van der Waals surface area contributed by atoms with E-state index < -0.39 is 11.9 Å². The van der Waals surface area contributed by atoms with E-state index in [4.69, 9.17) is 5.73 Å². The SMILES string of the molecule is CCC(C)C(NC(=O)CC12CC3CC(CC(Br)(C3)C1)C2)C(N)=O. The molecule has 2 amide bonds. The zero-order valence-electron chi connectivity index (χ0n) is 14.2. The van der Waals surface area contributed by atoms with Gasteiger partial charge in [0, 0.05) is 10.7 Å². The minimum Gasteiger partial charge on any atom is -0.368 e. The Labute approximate surface area is 147 Å². The maximum absolute atomic E-state index is 12.6. The van der Waals surface area contributed by atoms with Crippen molar-refractivity contribution in [1.29, 1.82) is 0 Å². The average molecular weight is 385 g/mol. The summed E-state index contributed by atoms with van der Waals surface area (Å²) in [4.78, 5) is 24.3. The maximum atomic E-state index is 12.6. The van der Waals surface area contributed by atoms with Crippen LogP contribution in [-0.2, 0) is 9.59 Å². The predicted molar refractivity (Wildman–Crippen MR) is 94.0 cm³/mol. The van der Waals surface area contributed by atoms with E-state index >= 15 is 0 Å². The number of carbonyl (C=O) groups is 2. The van der Waals surface area contributed by atoms with Crippen LogP contribution in [-0.4, -0.2) is 22.2 Å². The van der Waals surface area contributed by atoms with Gasteiger partial charge in [0.05, 0.1) is 0 Å². The summed E-state index contributed by atoms with van der Waals surface area (Å²) in [6.45, 7) is 3.98. The van der Waals surface area contributed by atoms with Gasteiger partial charge in [-0.3, -0.25) is 9.59 Å². The summed E-state index contributed by atoms with van der Waals surface area (Å²) >= 11 is 3.99. The molecule has 4 aliphatic carbocycles. The molecule has 4 atom stereocenters. The lowest BCUT2D eigenvalue weighted by molar-refractivity contribution is -0.133. The number of carbonyl (C=O) groups excluding carboxylic acids is 2. The molecule has 0 radical (unpaired) electrons. The van der Waals surface area contributed by atoms with Gasteiger partial charge in [0.25, 0.3) is 0 Å². The van der Waals surface area contributed by atoms with Gasteiger partial charge in [0.2, 0.25) is 11.8 Å². The Morgan fingerprint density at radius 3 is 2.35 bits per heavy atom. The van der Waals surface area contributed by atoms with Gasteiger partial charge in [-0.25, -0.2) is 0 Å². The van der Waals surface area contributed by atoms with Crippen LogP contribution in [0.1, 0.15) is 65.2 Å². The van der Waals surface area contributed by atoms with E-state index in [-0.39, 0.29) is 21.6 Å². The Hall–Kier alpha value is -0.580. The van der Waals surface area contributed by atoms with E-state index in [9.17, 15) is 9.59 Å². The Kier molecular flexibility index (Phi) is 4.54. The molecule has 23 heavy (non-hydrogen) atoms. The monoisotopic (exact) mass is 384 g/mol. The highest BCUT2D eigenvalue weighted by atomic mass is 79.9. The first-order chi connectivity index (χ1) is 10.7. The molecule has 4 fully saturated rings. The van der Waals surface area contributed by atoms with Crippen LogP contribution in [0.15, 0.2) is 0 Å². The molecule has 4 unspecified atom stereocenters. The van der Waals surface area contributed by atoms with Crippen molar-refractivity contribution in [3.05, 3.63) is 0 Å². The summed E-state index contributed by atoms with van der Waals surface area (Å²) in [5.41, 5.74) is 5.62. The van der Waals surface area contributed by atoms with Crippen molar-refractivity contribution in [3.63, 3.8) is 0 Å². The van der Waals surface area contributed by atoms with E-state index in [2.05, 4.69) is 21.2 Å². The first-order valence-corrected chi connectivity index (χ1v) is 9.81. The molecule has 0 aromatic rings. The number of primary amides is 1. The van der Waals surface area contributed by atoms with E-state index in [1.165, 1.54) is 32.1 Å². The summed E-state index contributed by atoms with van der Waals surface area (Å²) < 4.78 is 0.261. The molecular formula is C18H29BrN2O2. The number of hydrogen-bond donors (Lipinski definition) is 2. The third-order valence-electron chi connectivity index (χ3n) is 6.48.